The molecule has 42 heavy (non-hydrogen) atoms. The molecule has 0 unspecified atom stereocenters. The van der Waals surface area contributed by atoms with Crippen molar-refractivity contribution in [1.82, 2.24) is 4.90 Å². The molecule has 2 aliphatic heterocycles. The highest BCUT2D eigenvalue weighted by atomic mass is 16.7. The molecular formula is C30H55NO11. The molecule has 2 saturated heterocycles. The molecule has 0 aliphatic carbocycles. The monoisotopic (exact) mass is 605 g/mol. The molecular weight excluding hydrogens is 550 g/mol. The summed E-state index contributed by atoms with van der Waals surface area (Å²) in [6.07, 6.45) is -8.97. The molecule has 0 aromatic rings. The Morgan fingerprint density at radius 1 is 1.00 bits per heavy atom. The van der Waals surface area contributed by atoms with Crippen LogP contribution in [0.2, 0.25) is 0 Å². The summed E-state index contributed by atoms with van der Waals surface area (Å²) in [6, 6.07) is -0.629. The number of likely N-dealkylation sites (N-methyl/N-ethyl adjacent to an activating group) is 1. The third-order valence-electron chi connectivity index (χ3n) is 9.64. The number of amides is 1. The fraction of sp³-hybridized carbons (Fsp3) is 0.933. The van der Waals surface area contributed by atoms with E-state index in [1.807, 2.05) is 0 Å². The standard InChI is InChI=1S/C30H55NO11/c1-11-21-30(9,39)25(36)16(4)22(33)14(2)13-29(8,38)26(17(5)23(34)18(6)27(37)41-21)42-28-24(35)20(12-15(3)40-28)31(10)19(7)32/h14-18,20-26,28,33-36,38-39H,11-13H2,1-10H3/t14-,15-,16-,17+,18-,20+,21+,22+,23+,24-,25-,26-,28+,29+,30-/m1/s1. The molecule has 246 valence electrons. The number of esters is 1. The van der Waals surface area contributed by atoms with Gasteiger partial charge in [0, 0.05) is 25.8 Å². The molecule has 6 N–H and O–H groups in total. The number of rotatable bonds is 4. The van der Waals surface area contributed by atoms with Crippen molar-refractivity contribution in [2.75, 3.05) is 7.05 Å². The van der Waals surface area contributed by atoms with E-state index in [2.05, 4.69) is 0 Å². The summed E-state index contributed by atoms with van der Waals surface area (Å²) in [7, 11) is 1.57. The number of hydrogen-bond donors (Lipinski definition) is 6. The highest BCUT2D eigenvalue weighted by Gasteiger charge is 2.51. The van der Waals surface area contributed by atoms with E-state index in [0.717, 1.165) is 0 Å². The van der Waals surface area contributed by atoms with Crippen molar-refractivity contribution in [3.63, 3.8) is 0 Å². The fourth-order valence-electron chi connectivity index (χ4n) is 6.69. The molecule has 2 rings (SSSR count). The van der Waals surface area contributed by atoms with Crippen molar-refractivity contribution >= 4 is 11.9 Å². The van der Waals surface area contributed by atoms with Gasteiger partial charge in [-0.1, -0.05) is 27.7 Å². The number of aliphatic hydroxyl groups is 6. The lowest BCUT2D eigenvalue weighted by Crippen LogP contribution is -2.60. The van der Waals surface area contributed by atoms with Gasteiger partial charge in [-0.15, -0.1) is 0 Å². The van der Waals surface area contributed by atoms with Crippen LogP contribution in [0.3, 0.4) is 0 Å². The largest absolute Gasteiger partial charge is 0.459 e. The third-order valence-corrected chi connectivity index (χ3v) is 9.64. The Bertz CT molecular complexity index is 914. The minimum absolute atomic E-state index is 0.0692. The second-order valence-electron chi connectivity index (χ2n) is 13.3. The summed E-state index contributed by atoms with van der Waals surface area (Å²) in [4.78, 5) is 26.7. The number of cyclic esters (lactones) is 1. The second-order valence-corrected chi connectivity index (χ2v) is 13.3. The molecule has 2 aliphatic rings. The van der Waals surface area contributed by atoms with Gasteiger partial charge in [-0.3, -0.25) is 9.59 Å². The van der Waals surface area contributed by atoms with Gasteiger partial charge in [-0.05, 0) is 52.9 Å². The molecule has 0 aromatic heterocycles. The van der Waals surface area contributed by atoms with E-state index in [9.17, 15) is 40.2 Å². The van der Waals surface area contributed by atoms with Crippen LogP contribution in [0.1, 0.15) is 81.6 Å². The van der Waals surface area contributed by atoms with Gasteiger partial charge in [0.15, 0.2) is 6.29 Å². The summed E-state index contributed by atoms with van der Waals surface area (Å²) >= 11 is 0. The van der Waals surface area contributed by atoms with E-state index in [-0.39, 0.29) is 18.7 Å². The molecule has 0 saturated carbocycles. The van der Waals surface area contributed by atoms with Gasteiger partial charge in [0.25, 0.3) is 0 Å². The normalized spacial score (nSPS) is 48.2. The first-order chi connectivity index (χ1) is 19.2. The van der Waals surface area contributed by atoms with Crippen LogP contribution in [0.15, 0.2) is 0 Å². The summed E-state index contributed by atoms with van der Waals surface area (Å²) in [6.45, 7) is 14.0. The van der Waals surface area contributed by atoms with E-state index in [1.165, 1.54) is 32.6 Å². The summed E-state index contributed by atoms with van der Waals surface area (Å²) in [5, 5.41) is 68.0. The van der Waals surface area contributed by atoms with Crippen LogP contribution in [0.25, 0.3) is 0 Å². The van der Waals surface area contributed by atoms with Gasteiger partial charge >= 0.3 is 5.97 Å². The van der Waals surface area contributed by atoms with Crippen LogP contribution in [-0.4, -0.2) is 121 Å². The van der Waals surface area contributed by atoms with Crippen LogP contribution < -0.4 is 0 Å². The van der Waals surface area contributed by atoms with Gasteiger partial charge in [0.05, 0.1) is 48.1 Å². The Kier molecular flexibility index (Phi) is 12.4. The lowest BCUT2D eigenvalue weighted by Gasteiger charge is -2.47. The second kappa shape index (κ2) is 14.2. The maximum Gasteiger partial charge on any atom is 0.311 e. The minimum Gasteiger partial charge on any atom is -0.459 e. The molecule has 0 spiro atoms. The lowest BCUT2D eigenvalue weighted by atomic mass is 9.73. The zero-order chi connectivity index (χ0) is 32.5. The molecule has 2 fully saturated rings. The zero-order valence-corrected chi connectivity index (χ0v) is 26.8. The van der Waals surface area contributed by atoms with Crippen LogP contribution in [-0.2, 0) is 23.8 Å². The van der Waals surface area contributed by atoms with E-state index in [1.54, 1.807) is 41.7 Å². The molecule has 0 radical (unpaired) electrons. The van der Waals surface area contributed by atoms with Gasteiger partial charge in [-0.2, -0.15) is 0 Å². The summed E-state index contributed by atoms with van der Waals surface area (Å²) < 4.78 is 17.8. The Morgan fingerprint density at radius 2 is 1.57 bits per heavy atom. The van der Waals surface area contributed by atoms with Crippen molar-refractivity contribution in [3.8, 4) is 0 Å². The van der Waals surface area contributed by atoms with Gasteiger partial charge in [0.1, 0.15) is 17.8 Å². The molecule has 15 atom stereocenters. The van der Waals surface area contributed by atoms with Crippen LogP contribution >= 0.6 is 0 Å². The number of aliphatic hydroxyl groups excluding tert-OH is 4. The summed E-state index contributed by atoms with van der Waals surface area (Å²) in [5.41, 5.74) is -3.66. The molecule has 12 nitrogen and oxygen atoms in total. The Labute approximate surface area is 249 Å². The molecule has 12 heteroatoms. The number of hydrogen-bond acceptors (Lipinski definition) is 11. The predicted molar refractivity (Wildman–Crippen MR) is 153 cm³/mol. The average molecular weight is 606 g/mol. The SMILES string of the molecule is CC[C@@H]1OC(=O)[C@H](C)[C@@H](O)[C@H](C)[C@@H](O[C@@H]2O[C@H](C)C[C@H](N(C)C(C)=O)[C@H]2O)[C@@](C)(O)C[C@@H](C)[C@H](O)[C@@H](C)[C@@H](O)[C@]1(C)O. The van der Waals surface area contributed by atoms with E-state index < -0.39 is 95.9 Å². The zero-order valence-electron chi connectivity index (χ0n) is 26.8. The number of ether oxygens (including phenoxy) is 3. The maximum atomic E-state index is 13.2. The van der Waals surface area contributed by atoms with Gasteiger partial charge < -0.3 is 49.7 Å². The first-order valence-corrected chi connectivity index (χ1v) is 15.1. The average Bonchev–Trinajstić information content (AvgIpc) is 2.91. The first-order valence-electron chi connectivity index (χ1n) is 15.1. The van der Waals surface area contributed by atoms with E-state index in [4.69, 9.17) is 14.2 Å². The van der Waals surface area contributed by atoms with Crippen molar-refractivity contribution < 1.29 is 54.4 Å². The number of nitrogens with zero attached hydrogens (tertiary/aromatic N) is 1. The maximum absolute atomic E-state index is 13.2. The van der Waals surface area contributed by atoms with Crippen molar-refractivity contribution in [2.45, 2.75) is 148 Å². The molecule has 2 heterocycles. The summed E-state index contributed by atoms with van der Waals surface area (Å²) in [5.74, 6) is -4.64. The van der Waals surface area contributed by atoms with Crippen LogP contribution in [0.4, 0.5) is 0 Å². The van der Waals surface area contributed by atoms with Gasteiger partial charge in [-0.25, -0.2) is 0 Å². The highest BCUT2D eigenvalue weighted by Crippen LogP contribution is 2.38. The predicted octanol–water partition coefficient (Wildman–Crippen LogP) is 0.569. The third kappa shape index (κ3) is 7.82. The fourth-order valence-corrected chi connectivity index (χ4v) is 6.69. The Hall–Kier alpha value is -1.38. The Balaban J connectivity index is 2.55. The highest BCUT2D eigenvalue weighted by molar-refractivity contribution is 5.73. The van der Waals surface area contributed by atoms with Gasteiger partial charge in [0.2, 0.25) is 5.91 Å². The molecule has 1 amide bonds. The Morgan fingerprint density at radius 3 is 2.10 bits per heavy atom. The first kappa shape index (κ1) is 36.8. The van der Waals surface area contributed by atoms with E-state index in [0.29, 0.717) is 6.42 Å². The topological polar surface area (TPSA) is 186 Å². The number of carbonyl (C=O) groups is 2. The van der Waals surface area contributed by atoms with Crippen LogP contribution in [0.5, 0.6) is 0 Å². The number of carbonyl (C=O) groups excluding carboxylic acids is 2. The van der Waals surface area contributed by atoms with E-state index >= 15 is 0 Å². The minimum atomic E-state index is -1.91. The van der Waals surface area contributed by atoms with Crippen LogP contribution in [0, 0.1) is 23.7 Å². The smallest absolute Gasteiger partial charge is 0.311 e. The van der Waals surface area contributed by atoms with Crippen molar-refractivity contribution in [3.05, 3.63) is 0 Å². The quantitative estimate of drug-likeness (QED) is 0.246. The van der Waals surface area contributed by atoms with Crippen molar-refractivity contribution in [1.29, 1.82) is 0 Å². The molecule has 0 aromatic carbocycles. The lowest BCUT2D eigenvalue weighted by molar-refractivity contribution is -0.299. The molecule has 0 bridgehead atoms. The van der Waals surface area contributed by atoms with Crippen molar-refractivity contribution in [2.24, 2.45) is 23.7 Å².